The monoisotopic (exact) mass is 330 g/mol. The number of rotatable bonds is 8. The van der Waals surface area contributed by atoms with Crippen LogP contribution in [0.25, 0.3) is 0 Å². The van der Waals surface area contributed by atoms with Crippen LogP contribution in [0.5, 0.6) is 0 Å². The fraction of sp³-hybridized carbons (Fsp3) is 0.733. The molecule has 23 heavy (non-hydrogen) atoms. The molecule has 0 radical (unpaired) electrons. The van der Waals surface area contributed by atoms with Gasteiger partial charge in [-0.2, -0.15) is 0 Å². The summed E-state index contributed by atoms with van der Waals surface area (Å²) >= 11 is 0. The average molecular weight is 330 g/mol. The number of hydrogen-bond acceptors (Lipinski definition) is 8. The normalized spacial score (nSPS) is 18.0. The van der Waals surface area contributed by atoms with E-state index in [1.165, 1.54) is 28.4 Å². The number of esters is 4. The first-order valence-corrected chi connectivity index (χ1v) is 7.21. The lowest BCUT2D eigenvalue weighted by atomic mass is 9.97. The van der Waals surface area contributed by atoms with Gasteiger partial charge in [0.15, 0.2) is 11.3 Å². The highest BCUT2D eigenvalue weighted by Gasteiger charge is 2.67. The molecule has 1 atom stereocenters. The molecule has 0 aromatic rings. The lowest BCUT2D eigenvalue weighted by Crippen LogP contribution is -2.30. The third-order valence-corrected chi connectivity index (χ3v) is 4.22. The molecule has 8 heteroatoms. The van der Waals surface area contributed by atoms with Crippen molar-refractivity contribution in [2.45, 2.75) is 25.7 Å². The summed E-state index contributed by atoms with van der Waals surface area (Å²) in [7, 11) is 4.82. The van der Waals surface area contributed by atoms with Crippen LogP contribution in [0.3, 0.4) is 0 Å². The van der Waals surface area contributed by atoms with Crippen molar-refractivity contribution in [3.05, 3.63) is 0 Å². The first-order valence-electron chi connectivity index (χ1n) is 7.21. The molecule has 1 aliphatic rings. The predicted octanol–water partition coefficient (Wildman–Crippen LogP) is 0.471. The molecule has 0 aromatic heterocycles. The van der Waals surface area contributed by atoms with Crippen LogP contribution >= 0.6 is 0 Å². The Balaban J connectivity index is 2.62. The van der Waals surface area contributed by atoms with E-state index in [4.69, 9.17) is 0 Å². The zero-order chi connectivity index (χ0) is 17.6. The zero-order valence-corrected chi connectivity index (χ0v) is 13.7. The van der Waals surface area contributed by atoms with Crippen molar-refractivity contribution in [1.82, 2.24) is 0 Å². The Labute approximate surface area is 134 Å². The fourth-order valence-corrected chi connectivity index (χ4v) is 2.81. The summed E-state index contributed by atoms with van der Waals surface area (Å²) in [5.74, 6) is -3.80. The van der Waals surface area contributed by atoms with Gasteiger partial charge in [-0.25, -0.2) is 0 Å². The van der Waals surface area contributed by atoms with Gasteiger partial charge in [-0.3, -0.25) is 19.2 Å². The number of carbonyl (C=O) groups excluding carboxylic acids is 4. The maximum atomic E-state index is 11.8. The second kappa shape index (κ2) is 7.94. The molecule has 8 nitrogen and oxygen atoms in total. The van der Waals surface area contributed by atoms with Gasteiger partial charge in [0, 0.05) is 0 Å². The number of hydrogen-bond donors (Lipinski definition) is 0. The molecule has 0 spiro atoms. The van der Waals surface area contributed by atoms with Gasteiger partial charge in [0.05, 0.1) is 28.4 Å². The summed E-state index contributed by atoms with van der Waals surface area (Å²) in [6.45, 7) is 0. The third-order valence-electron chi connectivity index (χ3n) is 4.22. The van der Waals surface area contributed by atoms with Crippen molar-refractivity contribution in [3.63, 3.8) is 0 Å². The van der Waals surface area contributed by atoms with Gasteiger partial charge in [0.25, 0.3) is 0 Å². The van der Waals surface area contributed by atoms with Crippen molar-refractivity contribution in [2.75, 3.05) is 28.4 Å². The summed E-state index contributed by atoms with van der Waals surface area (Å²) in [5.41, 5.74) is -1.25. The molecule has 0 bridgehead atoms. The topological polar surface area (TPSA) is 105 Å². The van der Waals surface area contributed by atoms with E-state index in [1.54, 1.807) is 0 Å². The number of ether oxygens (including phenoxy) is 4. The Morgan fingerprint density at radius 2 is 1.39 bits per heavy atom. The van der Waals surface area contributed by atoms with E-state index in [1.807, 2.05) is 0 Å². The molecule has 1 aliphatic carbocycles. The fourth-order valence-electron chi connectivity index (χ4n) is 2.81. The smallest absolute Gasteiger partial charge is 0.323 e. The lowest BCUT2D eigenvalue weighted by Gasteiger charge is -2.14. The molecule has 0 heterocycles. The van der Waals surface area contributed by atoms with Crippen LogP contribution in [0, 0.1) is 17.3 Å². The molecule has 1 saturated carbocycles. The molecule has 1 rings (SSSR count). The Bertz CT molecular complexity index is 452. The predicted molar refractivity (Wildman–Crippen MR) is 75.9 cm³/mol. The van der Waals surface area contributed by atoms with Gasteiger partial charge in [-0.1, -0.05) is 6.42 Å². The van der Waals surface area contributed by atoms with Crippen LogP contribution in [-0.2, 0) is 38.1 Å². The molecular formula is C15H22O8. The van der Waals surface area contributed by atoms with Crippen molar-refractivity contribution >= 4 is 23.9 Å². The maximum Gasteiger partial charge on any atom is 0.323 e. The zero-order valence-electron chi connectivity index (χ0n) is 13.7. The number of carbonyl (C=O) groups is 4. The third kappa shape index (κ3) is 3.80. The molecule has 0 saturated heterocycles. The van der Waals surface area contributed by atoms with Crippen molar-refractivity contribution in [3.8, 4) is 0 Å². The molecule has 0 N–H and O–H groups in total. The Morgan fingerprint density at radius 1 is 0.913 bits per heavy atom. The van der Waals surface area contributed by atoms with Gasteiger partial charge >= 0.3 is 23.9 Å². The second-order valence-corrected chi connectivity index (χ2v) is 5.39. The summed E-state index contributed by atoms with van der Waals surface area (Å²) in [6, 6.07) is 0. The molecule has 1 unspecified atom stereocenters. The van der Waals surface area contributed by atoms with Gasteiger partial charge in [-0.15, -0.1) is 0 Å². The first kappa shape index (κ1) is 18.9. The number of methoxy groups -OCH3 is 4. The van der Waals surface area contributed by atoms with Crippen LogP contribution in [0.2, 0.25) is 0 Å². The second-order valence-electron chi connectivity index (χ2n) is 5.39. The van der Waals surface area contributed by atoms with E-state index >= 15 is 0 Å². The van der Waals surface area contributed by atoms with Crippen LogP contribution < -0.4 is 0 Å². The van der Waals surface area contributed by atoms with Gasteiger partial charge in [0.2, 0.25) is 0 Å². The van der Waals surface area contributed by atoms with E-state index < -0.39 is 35.2 Å². The summed E-state index contributed by atoms with van der Waals surface area (Å²) in [6.07, 6.45) is 1.49. The van der Waals surface area contributed by atoms with Crippen molar-refractivity contribution < 1.29 is 38.1 Å². The molecule has 0 amide bonds. The van der Waals surface area contributed by atoms with Crippen LogP contribution in [-0.4, -0.2) is 52.3 Å². The highest BCUT2D eigenvalue weighted by molar-refractivity contribution is 6.03. The van der Waals surface area contributed by atoms with E-state index in [2.05, 4.69) is 18.9 Å². The van der Waals surface area contributed by atoms with Gasteiger partial charge < -0.3 is 18.9 Å². The Kier molecular flexibility index (Phi) is 6.53. The highest BCUT2D eigenvalue weighted by atomic mass is 16.6. The van der Waals surface area contributed by atoms with Crippen LogP contribution in [0.4, 0.5) is 0 Å². The first-order chi connectivity index (χ1) is 10.9. The van der Waals surface area contributed by atoms with E-state index in [0.29, 0.717) is 19.3 Å². The van der Waals surface area contributed by atoms with E-state index in [-0.39, 0.29) is 12.3 Å². The molecule has 1 fully saturated rings. The summed E-state index contributed by atoms with van der Waals surface area (Å²) < 4.78 is 18.5. The van der Waals surface area contributed by atoms with Gasteiger partial charge in [-0.05, 0) is 25.2 Å². The molecular weight excluding hydrogens is 308 g/mol. The average Bonchev–Trinajstić information content (AvgIpc) is 3.31. The SMILES string of the molecule is COC(=O)C(CCCC1CC1(C(=O)OC)C(=O)OC)C(=O)OC. The highest BCUT2D eigenvalue weighted by Crippen LogP contribution is 2.56. The molecule has 130 valence electrons. The molecule has 0 aromatic carbocycles. The van der Waals surface area contributed by atoms with Crippen molar-refractivity contribution in [2.24, 2.45) is 17.3 Å². The summed E-state index contributed by atoms with van der Waals surface area (Å²) in [4.78, 5) is 46.8. The Morgan fingerprint density at radius 3 is 1.78 bits per heavy atom. The lowest BCUT2D eigenvalue weighted by molar-refractivity contribution is -0.163. The van der Waals surface area contributed by atoms with Crippen LogP contribution in [0.15, 0.2) is 0 Å². The van der Waals surface area contributed by atoms with E-state index in [9.17, 15) is 19.2 Å². The van der Waals surface area contributed by atoms with Crippen molar-refractivity contribution in [1.29, 1.82) is 0 Å². The largest absolute Gasteiger partial charge is 0.468 e. The Hall–Kier alpha value is -2.12. The van der Waals surface area contributed by atoms with E-state index in [0.717, 1.165) is 0 Å². The van der Waals surface area contributed by atoms with Crippen LogP contribution in [0.1, 0.15) is 25.7 Å². The van der Waals surface area contributed by atoms with Gasteiger partial charge in [0.1, 0.15) is 0 Å². The maximum absolute atomic E-state index is 11.8. The standard InChI is InChI=1S/C15H22O8/c1-20-11(16)10(12(17)21-2)7-5-6-9-8-15(9,13(18)22-3)14(19)23-4/h9-10H,5-8H2,1-4H3. The minimum Gasteiger partial charge on any atom is -0.468 e. The minimum atomic E-state index is -1.25. The quantitative estimate of drug-likeness (QED) is 0.359. The minimum absolute atomic E-state index is 0.217. The summed E-state index contributed by atoms with van der Waals surface area (Å²) in [5, 5.41) is 0. The molecule has 0 aliphatic heterocycles.